The lowest BCUT2D eigenvalue weighted by molar-refractivity contribution is -0.688. The van der Waals surface area contributed by atoms with Crippen LogP contribution in [0.1, 0.15) is 5.56 Å². The molecule has 0 fully saturated rings. The molecule has 0 aliphatic rings. The Labute approximate surface area is 174 Å². The van der Waals surface area contributed by atoms with Crippen molar-refractivity contribution in [2.45, 2.75) is 6.54 Å². The number of rotatable bonds is 4. The molecule has 27 heavy (non-hydrogen) atoms. The summed E-state index contributed by atoms with van der Waals surface area (Å²) in [7, 11) is 0. The summed E-state index contributed by atoms with van der Waals surface area (Å²) in [5.41, 5.74) is 2.95. The quantitative estimate of drug-likeness (QED) is 0.250. The molecule has 136 valence electrons. The molecule has 0 spiro atoms. The standard InChI is InChI=1S/C20H14BrN2O3.BrH/c21-17-3-6-19-16(11-17)12-20(26-19)15-7-9-22(10-8-15)13-14-1-4-18(5-2-14)23(24)25;/h1-12H,13H2;1H/q+1;/p-1. The highest BCUT2D eigenvalue weighted by molar-refractivity contribution is 9.10. The largest absolute Gasteiger partial charge is 1.00 e. The van der Waals surface area contributed by atoms with Crippen LogP contribution < -0.4 is 21.5 Å². The number of hydrogen-bond acceptors (Lipinski definition) is 3. The second-order valence-electron chi connectivity index (χ2n) is 5.98. The predicted octanol–water partition coefficient (Wildman–Crippen LogP) is 2.11. The summed E-state index contributed by atoms with van der Waals surface area (Å²) in [5.74, 6) is 0.820. The molecule has 0 unspecified atom stereocenters. The topological polar surface area (TPSA) is 60.2 Å². The van der Waals surface area contributed by atoms with Gasteiger partial charge in [-0.2, -0.15) is 0 Å². The smallest absolute Gasteiger partial charge is 0.269 e. The molecule has 0 N–H and O–H groups in total. The van der Waals surface area contributed by atoms with Crippen LogP contribution in [0.15, 0.2) is 81.9 Å². The van der Waals surface area contributed by atoms with Crippen molar-refractivity contribution in [3.63, 3.8) is 0 Å². The highest BCUT2D eigenvalue weighted by atomic mass is 79.9. The van der Waals surface area contributed by atoms with Crippen molar-refractivity contribution in [3.05, 3.63) is 93.2 Å². The fraction of sp³-hybridized carbons (Fsp3) is 0.0500. The number of nitro benzene ring substituents is 1. The van der Waals surface area contributed by atoms with Gasteiger partial charge in [-0.3, -0.25) is 10.1 Å². The Hall–Kier alpha value is -2.51. The van der Waals surface area contributed by atoms with Gasteiger partial charge in [-0.05, 0) is 36.4 Å². The highest BCUT2D eigenvalue weighted by Gasteiger charge is 2.10. The highest BCUT2D eigenvalue weighted by Crippen LogP contribution is 2.29. The fourth-order valence-electron chi connectivity index (χ4n) is 2.82. The molecular formula is C20H14Br2N2O3. The van der Waals surface area contributed by atoms with Gasteiger partial charge in [-0.1, -0.05) is 15.9 Å². The summed E-state index contributed by atoms with van der Waals surface area (Å²) >= 11 is 3.47. The maximum atomic E-state index is 10.7. The molecule has 7 heteroatoms. The third kappa shape index (κ3) is 4.26. The fourth-order valence-corrected chi connectivity index (χ4v) is 3.20. The maximum absolute atomic E-state index is 10.7. The van der Waals surface area contributed by atoms with Crippen molar-refractivity contribution in [3.8, 4) is 11.3 Å². The lowest BCUT2D eigenvalue weighted by Crippen LogP contribution is -3.00. The Morgan fingerprint density at radius 1 is 1.00 bits per heavy atom. The van der Waals surface area contributed by atoms with Crippen LogP contribution in [0.5, 0.6) is 0 Å². The molecule has 0 saturated carbocycles. The van der Waals surface area contributed by atoms with Crippen LogP contribution in [0.3, 0.4) is 0 Å². The van der Waals surface area contributed by atoms with Crippen molar-refractivity contribution in [1.82, 2.24) is 0 Å². The summed E-state index contributed by atoms with van der Waals surface area (Å²) in [6.07, 6.45) is 3.94. The van der Waals surface area contributed by atoms with Crippen LogP contribution in [0.4, 0.5) is 5.69 Å². The number of furan rings is 1. The van der Waals surface area contributed by atoms with Gasteiger partial charge in [0.15, 0.2) is 18.9 Å². The first-order chi connectivity index (χ1) is 12.6. The zero-order valence-corrected chi connectivity index (χ0v) is 17.2. The van der Waals surface area contributed by atoms with E-state index in [1.807, 2.05) is 53.4 Å². The minimum absolute atomic E-state index is 0. The summed E-state index contributed by atoms with van der Waals surface area (Å²) in [6, 6.07) is 18.5. The molecule has 0 amide bonds. The molecule has 0 bridgehead atoms. The van der Waals surface area contributed by atoms with Crippen LogP contribution in [0.2, 0.25) is 0 Å². The normalized spacial score (nSPS) is 10.6. The number of aromatic nitrogens is 1. The number of nitrogens with zero attached hydrogens (tertiary/aromatic N) is 2. The molecular weight excluding hydrogens is 476 g/mol. The Morgan fingerprint density at radius 2 is 1.70 bits per heavy atom. The van der Waals surface area contributed by atoms with Gasteiger partial charge >= 0.3 is 0 Å². The molecule has 2 aromatic heterocycles. The Balaban J connectivity index is 0.00000210. The van der Waals surface area contributed by atoms with E-state index in [-0.39, 0.29) is 22.7 Å². The maximum Gasteiger partial charge on any atom is 0.269 e. The average Bonchev–Trinajstić information content (AvgIpc) is 3.06. The lowest BCUT2D eigenvalue weighted by Gasteiger charge is -1.99. The number of pyridine rings is 1. The van der Waals surface area contributed by atoms with E-state index in [4.69, 9.17) is 4.42 Å². The summed E-state index contributed by atoms with van der Waals surface area (Å²) in [5, 5.41) is 11.8. The predicted molar refractivity (Wildman–Crippen MR) is 102 cm³/mol. The summed E-state index contributed by atoms with van der Waals surface area (Å²) < 4.78 is 8.95. The molecule has 4 rings (SSSR count). The molecule has 0 radical (unpaired) electrons. The van der Waals surface area contributed by atoms with Crippen molar-refractivity contribution in [1.29, 1.82) is 0 Å². The van der Waals surface area contributed by atoms with E-state index in [1.54, 1.807) is 12.1 Å². The molecule has 0 aliphatic carbocycles. The van der Waals surface area contributed by atoms with Crippen LogP contribution >= 0.6 is 15.9 Å². The minimum atomic E-state index is -0.391. The van der Waals surface area contributed by atoms with Crippen molar-refractivity contribution in [2.75, 3.05) is 0 Å². The summed E-state index contributed by atoms with van der Waals surface area (Å²) in [4.78, 5) is 10.3. The molecule has 0 aliphatic heterocycles. The lowest BCUT2D eigenvalue weighted by atomic mass is 10.2. The average molecular weight is 490 g/mol. The van der Waals surface area contributed by atoms with Gasteiger partial charge in [0.1, 0.15) is 11.3 Å². The third-order valence-corrected chi connectivity index (χ3v) is 4.66. The van der Waals surface area contributed by atoms with Gasteiger partial charge in [-0.25, -0.2) is 4.57 Å². The third-order valence-electron chi connectivity index (χ3n) is 4.17. The zero-order chi connectivity index (χ0) is 18.1. The number of non-ortho nitro benzene ring substituents is 1. The number of hydrogen-bond donors (Lipinski definition) is 0. The zero-order valence-electron chi connectivity index (χ0n) is 14.0. The van der Waals surface area contributed by atoms with E-state index in [1.165, 1.54) is 12.1 Å². The first-order valence-electron chi connectivity index (χ1n) is 8.00. The van der Waals surface area contributed by atoms with E-state index in [9.17, 15) is 10.1 Å². The Bertz CT molecular complexity index is 1090. The van der Waals surface area contributed by atoms with Crippen molar-refractivity contribution in [2.24, 2.45) is 0 Å². The Morgan fingerprint density at radius 3 is 2.37 bits per heavy atom. The SMILES string of the molecule is O=[N+]([O-])c1ccc(C[n+]2ccc(-c3cc4cc(Br)ccc4o3)cc2)cc1.[Br-]. The molecule has 5 nitrogen and oxygen atoms in total. The van der Waals surface area contributed by atoms with Crippen molar-refractivity contribution < 1.29 is 30.9 Å². The van der Waals surface area contributed by atoms with Gasteiger partial charge in [0.05, 0.1) is 4.92 Å². The monoisotopic (exact) mass is 488 g/mol. The van der Waals surface area contributed by atoms with E-state index < -0.39 is 4.92 Å². The number of halogens is 2. The first kappa shape index (κ1) is 19.3. The van der Waals surface area contributed by atoms with E-state index in [0.717, 1.165) is 32.3 Å². The minimum Gasteiger partial charge on any atom is -1.00 e. The van der Waals surface area contributed by atoms with Crippen LogP contribution in [-0.4, -0.2) is 4.92 Å². The molecule has 2 heterocycles. The van der Waals surface area contributed by atoms with Gasteiger partial charge in [0, 0.05) is 45.3 Å². The van der Waals surface area contributed by atoms with E-state index >= 15 is 0 Å². The van der Waals surface area contributed by atoms with Gasteiger partial charge in [0.2, 0.25) is 0 Å². The van der Waals surface area contributed by atoms with Gasteiger partial charge in [-0.15, -0.1) is 0 Å². The number of nitro groups is 1. The molecule has 4 aromatic rings. The molecule has 2 aromatic carbocycles. The van der Waals surface area contributed by atoms with Crippen LogP contribution in [0.25, 0.3) is 22.3 Å². The van der Waals surface area contributed by atoms with E-state index in [0.29, 0.717) is 6.54 Å². The second kappa shape index (κ2) is 8.02. The first-order valence-corrected chi connectivity index (χ1v) is 8.80. The van der Waals surface area contributed by atoms with Gasteiger partial charge in [0.25, 0.3) is 5.69 Å². The second-order valence-corrected chi connectivity index (χ2v) is 6.89. The van der Waals surface area contributed by atoms with Crippen molar-refractivity contribution >= 4 is 32.6 Å². The van der Waals surface area contributed by atoms with E-state index in [2.05, 4.69) is 15.9 Å². The Kier molecular flexibility index (Phi) is 5.72. The van der Waals surface area contributed by atoms with Crippen LogP contribution in [0, 0.1) is 10.1 Å². The van der Waals surface area contributed by atoms with Gasteiger partial charge < -0.3 is 21.4 Å². The van der Waals surface area contributed by atoms with Crippen LogP contribution in [-0.2, 0) is 6.54 Å². The number of benzene rings is 2. The number of fused-ring (bicyclic) bond motifs is 1. The summed E-state index contributed by atoms with van der Waals surface area (Å²) in [6.45, 7) is 0.644. The molecule has 0 atom stereocenters. The molecule has 0 saturated heterocycles.